The molecule has 0 unspecified atom stereocenters. The number of esters is 3. The zero-order valence-corrected chi connectivity index (χ0v) is 35.7. The minimum absolute atomic E-state index is 0.0472. The van der Waals surface area contributed by atoms with E-state index in [1.165, 1.54) is 24.3 Å². The van der Waals surface area contributed by atoms with E-state index in [-0.39, 0.29) is 63.4 Å². The van der Waals surface area contributed by atoms with Crippen molar-refractivity contribution in [1.82, 2.24) is 5.32 Å². The number of benzene rings is 2. The van der Waals surface area contributed by atoms with Crippen LogP contribution >= 0.6 is 0 Å². The fourth-order valence-corrected chi connectivity index (χ4v) is 6.56. The van der Waals surface area contributed by atoms with E-state index in [2.05, 4.69) is 30.7 Å². The van der Waals surface area contributed by atoms with E-state index in [0.717, 1.165) is 63.9 Å². The lowest BCUT2D eigenvalue weighted by Gasteiger charge is -2.31. The molecule has 15 heteroatoms. The second-order valence-corrected chi connectivity index (χ2v) is 15.2. The molecule has 1 fully saturated rings. The average molecular weight is 876 g/mol. The second-order valence-electron chi connectivity index (χ2n) is 15.2. The first-order valence-corrected chi connectivity index (χ1v) is 21.6. The molecular formula is C47H61F4NO10. The van der Waals surface area contributed by atoms with Gasteiger partial charge in [-0.05, 0) is 93.5 Å². The third kappa shape index (κ3) is 22.2. The highest BCUT2D eigenvalue weighted by atomic mass is 19.3. The molecule has 0 aliphatic heterocycles. The molecule has 0 heterocycles. The van der Waals surface area contributed by atoms with Crippen LogP contribution in [0.1, 0.15) is 132 Å². The normalized spacial score (nSPS) is 15.1. The molecule has 0 atom stereocenters. The number of carbonyl (C=O) groups excluding carboxylic acids is 4. The van der Waals surface area contributed by atoms with Gasteiger partial charge in [0.2, 0.25) is 0 Å². The lowest BCUT2D eigenvalue weighted by atomic mass is 9.87. The van der Waals surface area contributed by atoms with Crippen molar-refractivity contribution < 1.29 is 65.2 Å². The zero-order chi connectivity index (χ0) is 45.1. The van der Waals surface area contributed by atoms with E-state index < -0.39 is 60.9 Å². The predicted octanol–water partition coefficient (Wildman–Crippen LogP) is 10.5. The number of amides is 1. The smallest absolute Gasteiger partial charge is 0.407 e. The van der Waals surface area contributed by atoms with Crippen LogP contribution in [0.2, 0.25) is 0 Å². The first kappa shape index (κ1) is 51.4. The molecule has 1 aliphatic carbocycles. The SMILES string of the molecule is C=CC(=O)OCCNC(=O)OCCCCCCCOCC#Cc1ccc(C(=O)Oc2ccc(OC(=O)C3CCC(OC(F)(F)CC(F)(F)CCCCCCCC)CC3)cc2)cc1. The van der Waals surface area contributed by atoms with Crippen molar-refractivity contribution in [3.63, 3.8) is 0 Å². The van der Waals surface area contributed by atoms with Crippen LogP contribution in [0.4, 0.5) is 22.4 Å². The highest BCUT2D eigenvalue weighted by Gasteiger charge is 2.46. The van der Waals surface area contributed by atoms with Crippen LogP contribution < -0.4 is 14.8 Å². The first-order valence-electron chi connectivity index (χ1n) is 21.6. The Morgan fingerprint density at radius 2 is 1.37 bits per heavy atom. The summed E-state index contributed by atoms with van der Waals surface area (Å²) < 4.78 is 88.6. The Labute approximate surface area is 362 Å². The van der Waals surface area contributed by atoms with Gasteiger partial charge < -0.3 is 33.7 Å². The second kappa shape index (κ2) is 28.6. The molecule has 0 radical (unpaired) electrons. The largest absolute Gasteiger partial charge is 0.461 e. The Kier molecular flexibility index (Phi) is 23.7. The first-order chi connectivity index (χ1) is 29.8. The third-order valence-electron chi connectivity index (χ3n) is 9.94. The summed E-state index contributed by atoms with van der Waals surface area (Å²) in [5.41, 5.74) is 1.00. The number of halogens is 4. The van der Waals surface area contributed by atoms with E-state index in [0.29, 0.717) is 30.8 Å². The van der Waals surface area contributed by atoms with Crippen molar-refractivity contribution in [2.45, 2.75) is 134 Å². The standard InChI is InChI=1S/C47H61F4NO10/c1-3-5-6-7-9-12-29-46(48,49)35-47(50,51)62-41-23-21-38(22-24-41)44(55)61-40-27-25-39(26-28-40)60-43(54)37-19-17-36(18-20-37)16-15-32-57-31-13-10-8-11-14-33-59-45(56)52-30-34-58-42(53)4-2/h4,17-20,25-28,38,41H,2-3,5-14,21-24,29-35H2,1H3,(H,52,56). The van der Waals surface area contributed by atoms with Crippen LogP contribution in [0.25, 0.3) is 0 Å². The lowest BCUT2D eigenvalue weighted by Crippen LogP contribution is -2.37. The molecule has 0 saturated heterocycles. The number of rotatable bonds is 28. The van der Waals surface area contributed by atoms with E-state index in [4.69, 9.17) is 28.4 Å². The van der Waals surface area contributed by atoms with Crippen molar-refractivity contribution >= 4 is 24.0 Å². The molecule has 1 N–H and O–H groups in total. The van der Waals surface area contributed by atoms with Crippen molar-refractivity contribution in [3.8, 4) is 23.3 Å². The van der Waals surface area contributed by atoms with E-state index >= 15 is 0 Å². The summed E-state index contributed by atoms with van der Waals surface area (Å²) in [6.07, 6.45) is 3.08. The Bertz CT molecular complexity index is 1720. The van der Waals surface area contributed by atoms with Gasteiger partial charge in [-0.1, -0.05) is 76.7 Å². The zero-order valence-electron chi connectivity index (χ0n) is 35.7. The van der Waals surface area contributed by atoms with Gasteiger partial charge in [0.25, 0.3) is 5.92 Å². The number of carbonyl (C=O) groups is 4. The van der Waals surface area contributed by atoms with E-state index in [9.17, 15) is 36.7 Å². The molecule has 0 bridgehead atoms. The van der Waals surface area contributed by atoms with Gasteiger partial charge in [-0.15, -0.1) is 0 Å². The molecule has 342 valence electrons. The number of alkyl halides is 4. The van der Waals surface area contributed by atoms with E-state index in [1.807, 2.05) is 0 Å². The Hall–Kier alpha value is -4.94. The maximum absolute atomic E-state index is 14.5. The minimum Gasteiger partial charge on any atom is -0.461 e. The molecule has 1 saturated carbocycles. The topological polar surface area (TPSA) is 136 Å². The maximum atomic E-state index is 14.5. The Morgan fingerprint density at radius 3 is 2.03 bits per heavy atom. The lowest BCUT2D eigenvalue weighted by molar-refractivity contribution is -0.294. The van der Waals surface area contributed by atoms with Gasteiger partial charge in [0.1, 0.15) is 31.1 Å². The number of nitrogens with one attached hydrogen (secondary N) is 1. The van der Waals surface area contributed by atoms with Crippen molar-refractivity contribution in [1.29, 1.82) is 0 Å². The monoisotopic (exact) mass is 875 g/mol. The van der Waals surface area contributed by atoms with Crippen LogP contribution in [0, 0.1) is 17.8 Å². The maximum Gasteiger partial charge on any atom is 0.407 e. The fraction of sp³-hybridized carbons (Fsp3) is 0.574. The molecule has 1 aliphatic rings. The van der Waals surface area contributed by atoms with Crippen LogP contribution in [0.15, 0.2) is 61.2 Å². The molecule has 2 aromatic rings. The molecule has 3 rings (SSSR count). The summed E-state index contributed by atoms with van der Waals surface area (Å²) in [5, 5.41) is 2.49. The van der Waals surface area contributed by atoms with Gasteiger partial charge in [-0.2, -0.15) is 8.78 Å². The number of ether oxygens (including phenoxy) is 6. The molecule has 0 spiro atoms. The number of hydrogen-bond donors (Lipinski definition) is 1. The molecule has 2 aromatic carbocycles. The Balaban J connectivity index is 1.25. The summed E-state index contributed by atoms with van der Waals surface area (Å²) in [6, 6.07) is 12.5. The number of hydrogen-bond acceptors (Lipinski definition) is 10. The van der Waals surface area contributed by atoms with Gasteiger partial charge >= 0.3 is 30.1 Å². The quantitative estimate of drug-likeness (QED) is 0.0220. The Morgan fingerprint density at radius 1 is 0.758 bits per heavy atom. The van der Waals surface area contributed by atoms with Gasteiger partial charge in [0, 0.05) is 24.7 Å². The summed E-state index contributed by atoms with van der Waals surface area (Å²) >= 11 is 0. The van der Waals surface area contributed by atoms with Crippen molar-refractivity contribution in [2.75, 3.05) is 33.0 Å². The van der Waals surface area contributed by atoms with Crippen molar-refractivity contribution in [2.24, 2.45) is 5.92 Å². The molecule has 0 aromatic heterocycles. The molecule has 1 amide bonds. The third-order valence-corrected chi connectivity index (χ3v) is 9.94. The van der Waals surface area contributed by atoms with Crippen LogP contribution in [0.5, 0.6) is 11.5 Å². The van der Waals surface area contributed by atoms with Gasteiger partial charge in [-0.3, -0.25) is 4.79 Å². The highest BCUT2D eigenvalue weighted by molar-refractivity contribution is 5.91. The summed E-state index contributed by atoms with van der Waals surface area (Å²) in [5.74, 6) is 0.609. The average Bonchev–Trinajstić information content (AvgIpc) is 3.24. The van der Waals surface area contributed by atoms with Crippen LogP contribution in [-0.4, -0.2) is 75.1 Å². The number of unbranched alkanes of at least 4 members (excludes halogenated alkanes) is 9. The van der Waals surface area contributed by atoms with Gasteiger partial charge in [0.05, 0.1) is 30.7 Å². The van der Waals surface area contributed by atoms with Crippen LogP contribution in [0.3, 0.4) is 0 Å². The number of alkyl carbamates (subject to hydrolysis) is 1. The summed E-state index contributed by atoms with van der Waals surface area (Å²) in [6.45, 7) is 6.68. The van der Waals surface area contributed by atoms with Crippen molar-refractivity contribution in [3.05, 3.63) is 72.3 Å². The minimum atomic E-state index is -3.97. The van der Waals surface area contributed by atoms with Gasteiger partial charge in [-0.25, -0.2) is 23.2 Å². The van der Waals surface area contributed by atoms with Crippen LogP contribution in [-0.2, 0) is 28.5 Å². The van der Waals surface area contributed by atoms with E-state index in [1.54, 1.807) is 24.3 Å². The summed E-state index contributed by atoms with van der Waals surface area (Å²) in [4.78, 5) is 48.0. The molecule has 62 heavy (non-hydrogen) atoms. The highest BCUT2D eigenvalue weighted by Crippen LogP contribution is 2.38. The molecular weight excluding hydrogens is 815 g/mol. The van der Waals surface area contributed by atoms with Gasteiger partial charge in [0.15, 0.2) is 0 Å². The predicted molar refractivity (Wildman–Crippen MR) is 224 cm³/mol. The molecule has 11 nitrogen and oxygen atoms in total. The fourth-order valence-electron chi connectivity index (χ4n) is 6.56. The summed E-state index contributed by atoms with van der Waals surface area (Å²) in [7, 11) is 0.